The van der Waals surface area contributed by atoms with Crippen LogP contribution in [-0.2, 0) is 11.2 Å². The molecule has 0 saturated heterocycles. The predicted molar refractivity (Wildman–Crippen MR) is 111 cm³/mol. The van der Waals surface area contributed by atoms with Gasteiger partial charge < -0.3 is 13.9 Å². The maximum absolute atomic E-state index is 13.7. The van der Waals surface area contributed by atoms with Gasteiger partial charge >= 0.3 is 5.97 Å². The van der Waals surface area contributed by atoms with Crippen molar-refractivity contribution in [3.63, 3.8) is 0 Å². The number of thioether (sulfide) groups is 1. The molecule has 0 atom stereocenters. The van der Waals surface area contributed by atoms with Crippen LogP contribution in [0.15, 0.2) is 33.7 Å². The molecular formula is C20H22F2N2O5S. The van der Waals surface area contributed by atoms with Crippen LogP contribution in [0.5, 0.6) is 5.75 Å². The Labute approximate surface area is 176 Å². The van der Waals surface area contributed by atoms with Gasteiger partial charge in [-0.3, -0.25) is 15.6 Å². The Hall–Kier alpha value is -3.01. The number of nitrogens with one attached hydrogen (secondary N) is 2. The number of esters is 1. The van der Waals surface area contributed by atoms with Crippen molar-refractivity contribution in [1.82, 2.24) is 0 Å². The molecule has 0 radical (unpaired) electrons. The molecule has 1 aromatic carbocycles. The lowest BCUT2D eigenvalue weighted by Gasteiger charge is -2.09. The Morgan fingerprint density at radius 2 is 1.90 bits per heavy atom. The first kappa shape index (κ1) is 25.0. The molecule has 7 nitrogen and oxygen atoms in total. The van der Waals surface area contributed by atoms with E-state index in [-0.39, 0.29) is 34.2 Å². The molecule has 2 N–H and O–H groups in total. The molecule has 0 amide bonds. The third-order valence-corrected chi connectivity index (χ3v) is 4.27. The van der Waals surface area contributed by atoms with Crippen molar-refractivity contribution in [2.45, 2.75) is 27.2 Å². The van der Waals surface area contributed by atoms with E-state index >= 15 is 0 Å². The fourth-order valence-corrected chi connectivity index (χ4v) is 2.91. The second-order valence-corrected chi connectivity index (χ2v) is 6.43. The molecule has 0 aliphatic rings. The third kappa shape index (κ3) is 6.24. The van der Waals surface area contributed by atoms with E-state index in [9.17, 15) is 18.4 Å². The molecule has 0 aliphatic heterocycles. The number of halogens is 2. The SMILES string of the molecule is CC.CCOC(=O)c1occ(C(=N)SC(=N)Cc2ccc(F)cc2F)c(=O)c1OC. The summed E-state index contributed by atoms with van der Waals surface area (Å²) in [5.41, 5.74) is -0.941. The number of carbonyl (C=O) groups excluding carboxylic acids is 1. The van der Waals surface area contributed by atoms with Crippen LogP contribution >= 0.6 is 11.8 Å². The van der Waals surface area contributed by atoms with Gasteiger partial charge in [0.2, 0.25) is 11.2 Å². The average Bonchev–Trinajstić information content (AvgIpc) is 2.71. The summed E-state index contributed by atoms with van der Waals surface area (Å²) in [6, 6.07) is 2.97. The summed E-state index contributed by atoms with van der Waals surface area (Å²) in [5.74, 6) is -3.28. The normalized spacial score (nSPS) is 9.93. The lowest BCUT2D eigenvalue weighted by atomic mass is 10.1. The van der Waals surface area contributed by atoms with E-state index in [1.54, 1.807) is 6.92 Å². The van der Waals surface area contributed by atoms with Crippen LogP contribution in [-0.4, -0.2) is 29.8 Å². The van der Waals surface area contributed by atoms with Crippen LogP contribution in [0.25, 0.3) is 0 Å². The first-order chi connectivity index (χ1) is 14.3. The fourth-order valence-electron chi connectivity index (χ4n) is 2.18. The van der Waals surface area contributed by atoms with Crippen molar-refractivity contribution in [3.8, 4) is 5.75 Å². The highest BCUT2D eigenvalue weighted by Gasteiger charge is 2.24. The summed E-state index contributed by atoms with van der Waals surface area (Å²) in [6.07, 6.45) is 0.709. The van der Waals surface area contributed by atoms with Gasteiger partial charge in [0.15, 0.2) is 0 Å². The van der Waals surface area contributed by atoms with E-state index in [0.717, 1.165) is 19.4 Å². The van der Waals surface area contributed by atoms with Crippen molar-refractivity contribution in [1.29, 1.82) is 10.8 Å². The fraction of sp³-hybridized carbons (Fsp3) is 0.300. The van der Waals surface area contributed by atoms with Gasteiger partial charge in [-0.15, -0.1) is 0 Å². The largest absolute Gasteiger partial charge is 0.489 e. The Morgan fingerprint density at radius 1 is 1.23 bits per heavy atom. The molecule has 0 bridgehead atoms. The second kappa shape index (κ2) is 11.9. The molecule has 2 rings (SSSR count). The molecule has 30 heavy (non-hydrogen) atoms. The van der Waals surface area contributed by atoms with Crippen molar-refractivity contribution >= 4 is 27.8 Å². The molecular weight excluding hydrogens is 418 g/mol. The van der Waals surface area contributed by atoms with Gasteiger partial charge in [0.25, 0.3) is 5.76 Å². The van der Waals surface area contributed by atoms with Crippen LogP contribution < -0.4 is 10.2 Å². The van der Waals surface area contributed by atoms with E-state index in [1.165, 1.54) is 6.07 Å². The molecule has 162 valence electrons. The van der Waals surface area contributed by atoms with Crippen LogP contribution in [0, 0.1) is 22.5 Å². The lowest BCUT2D eigenvalue weighted by molar-refractivity contribution is 0.0480. The minimum Gasteiger partial charge on any atom is -0.489 e. The zero-order valence-electron chi connectivity index (χ0n) is 16.9. The van der Waals surface area contributed by atoms with E-state index in [1.807, 2.05) is 13.8 Å². The van der Waals surface area contributed by atoms with Crippen molar-refractivity contribution in [2.75, 3.05) is 13.7 Å². The number of benzene rings is 1. The molecule has 0 unspecified atom stereocenters. The predicted octanol–water partition coefficient (Wildman–Crippen LogP) is 4.41. The van der Waals surface area contributed by atoms with Gasteiger partial charge in [-0.1, -0.05) is 31.7 Å². The number of hydrogen-bond acceptors (Lipinski definition) is 8. The first-order valence-electron chi connectivity index (χ1n) is 8.93. The van der Waals surface area contributed by atoms with Crippen molar-refractivity contribution in [2.24, 2.45) is 0 Å². The number of hydrogen-bond donors (Lipinski definition) is 2. The summed E-state index contributed by atoms with van der Waals surface area (Å²) >= 11 is 0.593. The maximum atomic E-state index is 13.7. The monoisotopic (exact) mass is 440 g/mol. The minimum atomic E-state index is -0.887. The summed E-state index contributed by atoms with van der Waals surface area (Å²) < 4.78 is 41.4. The summed E-state index contributed by atoms with van der Waals surface area (Å²) in [5, 5.41) is 15.4. The summed E-state index contributed by atoms with van der Waals surface area (Å²) in [4.78, 5) is 24.3. The number of rotatable bonds is 6. The topological polar surface area (TPSA) is 113 Å². The Bertz CT molecular complexity index is 992. The number of carbonyl (C=O) groups is 1. The van der Waals surface area contributed by atoms with Crippen LogP contribution in [0.3, 0.4) is 0 Å². The molecule has 1 aromatic heterocycles. The van der Waals surface area contributed by atoms with E-state index in [0.29, 0.717) is 17.8 Å². The maximum Gasteiger partial charge on any atom is 0.378 e. The molecule has 2 aromatic rings. The highest BCUT2D eigenvalue weighted by molar-refractivity contribution is 8.26. The second-order valence-electron chi connectivity index (χ2n) is 5.33. The highest BCUT2D eigenvalue weighted by atomic mass is 32.2. The van der Waals surface area contributed by atoms with Gasteiger partial charge in [0.1, 0.15) is 22.9 Å². The zero-order chi connectivity index (χ0) is 22.8. The molecule has 0 fully saturated rings. The molecule has 0 spiro atoms. The van der Waals surface area contributed by atoms with Gasteiger partial charge in [0.05, 0.1) is 24.3 Å². The minimum absolute atomic E-state index is 0.0657. The molecule has 0 aliphatic carbocycles. The summed E-state index contributed by atoms with van der Waals surface area (Å²) in [7, 11) is 1.16. The zero-order valence-corrected chi connectivity index (χ0v) is 17.7. The number of methoxy groups -OCH3 is 1. The van der Waals surface area contributed by atoms with Gasteiger partial charge in [-0.2, -0.15) is 0 Å². The van der Waals surface area contributed by atoms with Crippen LogP contribution in [0.4, 0.5) is 8.78 Å². The van der Waals surface area contributed by atoms with E-state index < -0.39 is 34.5 Å². The molecule has 0 saturated carbocycles. The van der Waals surface area contributed by atoms with Crippen LogP contribution in [0.1, 0.15) is 42.5 Å². The average molecular weight is 440 g/mol. The third-order valence-electron chi connectivity index (χ3n) is 3.45. The Balaban J connectivity index is 0.00000218. The first-order valence-corrected chi connectivity index (χ1v) is 9.75. The lowest BCUT2D eigenvalue weighted by Crippen LogP contribution is -2.20. The molecule has 1 heterocycles. The summed E-state index contributed by atoms with van der Waals surface area (Å²) in [6.45, 7) is 5.65. The standard InChI is InChI=1S/C18H16F2N2O5S.C2H6/c1-3-26-18(24)16-15(25-2)14(23)11(8-27-16)17(22)28-13(21)6-9-4-5-10(19)7-12(9)20;1-2/h4-5,7-8,21-22H,3,6H2,1-2H3;1-2H3. The molecule has 10 heteroatoms. The van der Waals surface area contributed by atoms with Gasteiger partial charge in [-0.25, -0.2) is 13.6 Å². The quantitative estimate of drug-likeness (QED) is 0.391. The van der Waals surface area contributed by atoms with Crippen LogP contribution in [0.2, 0.25) is 0 Å². The van der Waals surface area contributed by atoms with Crippen molar-refractivity contribution < 1.29 is 27.5 Å². The van der Waals surface area contributed by atoms with Gasteiger partial charge in [-0.05, 0) is 18.6 Å². The highest BCUT2D eigenvalue weighted by Crippen LogP contribution is 2.21. The Morgan fingerprint density at radius 3 is 2.47 bits per heavy atom. The smallest absolute Gasteiger partial charge is 0.378 e. The Kier molecular flexibility index (Phi) is 9.90. The van der Waals surface area contributed by atoms with E-state index in [4.69, 9.17) is 24.7 Å². The number of ether oxygens (including phenoxy) is 2. The van der Waals surface area contributed by atoms with Gasteiger partial charge in [0, 0.05) is 12.5 Å². The van der Waals surface area contributed by atoms with E-state index in [2.05, 4.69) is 0 Å². The van der Waals surface area contributed by atoms with Crippen molar-refractivity contribution in [3.05, 3.63) is 63.2 Å².